The van der Waals surface area contributed by atoms with Crippen molar-refractivity contribution in [3.63, 3.8) is 0 Å². The topological polar surface area (TPSA) is 73.1 Å². The van der Waals surface area contributed by atoms with Crippen molar-refractivity contribution >= 4 is 28.4 Å². The molecule has 1 amide bonds. The Hall–Kier alpha value is -3.64. The maximum Gasteiger partial charge on any atom is 0.336 e. The minimum Gasteiger partial charge on any atom is -0.348 e. The Morgan fingerprint density at radius 1 is 1.00 bits per heavy atom. The van der Waals surface area contributed by atoms with E-state index in [1.165, 1.54) is 4.57 Å². The van der Waals surface area contributed by atoms with Gasteiger partial charge in [0.2, 0.25) is 5.91 Å². The molecule has 32 heavy (non-hydrogen) atoms. The third-order valence-electron chi connectivity index (χ3n) is 5.34. The molecule has 0 radical (unpaired) electrons. The van der Waals surface area contributed by atoms with Crippen molar-refractivity contribution < 1.29 is 4.79 Å². The number of carbonyl (C=O) groups excluding carboxylic acids is 1. The maximum atomic E-state index is 13.4. The first-order valence-corrected chi connectivity index (χ1v) is 10.6. The predicted molar refractivity (Wildman–Crippen MR) is 127 cm³/mol. The second kappa shape index (κ2) is 8.85. The van der Waals surface area contributed by atoms with E-state index in [2.05, 4.69) is 5.32 Å². The fourth-order valence-corrected chi connectivity index (χ4v) is 3.92. The zero-order chi connectivity index (χ0) is 22.8. The Kier molecular flexibility index (Phi) is 5.97. The number of nitrogens with one attached hydrogen (secondary N) is 1. The highest BCUT2D eigenvalue weighted by Gasteiger charge is 2.18. The van der Waals surface area contributed by atoms with E-state index in [-0.39, 0.29) is 18.5 Å². The molecule has 4 rings (SSSR count). The molecule has 0 aliphatic carbocycles. The molecule has 0 aliphatic heterocycles. The highest BCUT2D eigenvalue weighted by Crippen LogP contribution is 2.16. The lowest BCUT2D eigenvalue weighted by Crippen LogP contribution is -2.42. The number of benzene rings is 3. The third kappa shape index (κ3) is 4.22. The molecule has 0 spiro atoms. The summed E-state index contributed by atoms with van der Waals surface area (Å²) in [5.41, 5.74) is 1.53. The normalized spacial score (nSPS) is 12.0. The lowest BCUT2D eigenvalue weighted by Gasteiger charge is -2.17. The zero-order valence-electron chi connectivity index (χ0n) is 17.7. The molecule has 4 aromatic rings. The Morgan fingerprint density at radius 3 is 2.47 bits per heavy atom. The van der Waals surface area contributed by atoms with Crippen molar-refractivity contribution in [2.45, 2.75) is 26.4 Å². The summed E-state index contributed by atoms with van der Waals surface area (Å²) in [6.45, 7) is 3.52. The monoisotopic (exact) mass is 447 g/mol. The van der Waals surface area contributed by atoms with E-state index < -0.39 is 11.2 Å². The molecule has 3 aromatic carbocycles. The van der Waals surface area contributed by atoms with E-state index in [9.17, 15) is 14.4 Å². The molecule has 6 nitrogen and oxygen atoms in total. The van der Waals surface area contributed by atoms with Gasteiger partial charge in [-0.25, -0.2) is 9.36 Å². The molecule has 1 atom stereocenters. The molecule has 1 aromatic heterocycles. The van der Waals surface area contributed by atoms with Gasteiger partial charge in [0.15, 0.2) is 0 Å². The second-order valence-electron chi connectivity index (χ2n) is 7.71. The first-order valence-electron chi connectivity index (χ1n) is 10.2. The smallest absolute Gasteiger partial charge is 0.336 e. The summed E-state index contributed by atoms with van der Waals surface area (Å²) in [6, 6.07) is 21.1. The van der Waals surface area contributed by atoms with Gasteiger partial charge in [-0.2, -0.15) is 0 Å². The summed E-state index contributed by atoms with van der Waals surface area (Å²) >= 11 is 6.09. The summed E-state index contributed by atoms with van der Waals surface area (Å²) in [6.07, 6.45) is 0. The summed E-state index contributed by atoms with van der Waals surface area (Å²) in [5, 5.41) is 3.68. The summed E-state index contributed by atoms with van der Waals surface area (Å²) < 4.78 is 2.38. The number of hydrogen-bond acceptors (Lipinski definition) is 3. The molecular formula is C25H22ClN3O3. The zero-order valence-corrected chi connectivity index (χ0v) is 18.5. The first-order chi connectivity index (χ1) is 15.3. The van der Waals surface area contributed by atoms with Gasteiger partial charge in [-0.1, -0.05) is 59.6 Å². The summed E-state index contributed by atoms with van der Waals surface area (Å²) in [5.74, 6) is -0.332. The number of carbonyl (C=O) groups is 1. The molecule has 0 bridgehead atoms. The highest BCUT2D eigenvalue weighted by atomic mass is 35.5. The van der Waals surface area contributed by atoms with E-state index in [4.69, 9.17) is 11.6 Å². The average Bonchev–Trinajstić information content (AvgIpc) is 2.77. The maximum absolute atomic E-state index is 13.4. The van der Waals surface area contributed by atoms with Crippen LogP contribution in [0, 0.1) is 6.92 Å². The molecule has 0 saturated heterocycles. The Bertz CT molecular complexity index is 1420. The van der Waals surface area contributed by atoms with Gasteiger partial charge in [0.05, 0.1) is 22.6 Å². The number of aryl methyl sites for hydroxylation is 1. The number of hydrogen-bond donors (Lipinski definition) is 1. The lowest BCUT2D eigenvalue weighted by atomic mass is 10.1. The van der Waals surface area contributed by atoms with E-state index in [1.807, 2.05) is 50.2 Å². The second-order valence-corrected chi connectivity index (χ2v) is 8.15. The van der Waals surface area contributed by atoms with Crippen LogP contribution in [0.4, 0.5) is 0 Å². The van der Waals surface area contributed by atoms with Crippen molar-refractivity contribution in [3.8, 4) is 5.69 Å². The number of amides is 1. The Labute approximate surface area is 189 Å². The van der Waals surface area contributed by atoms with Gasteiger partial charge in [0.25, 0.3) is 5.56 Å². The van der Waals surface area contributed by atoms with Crippen LogP contribution in [-0.2, 0) is 11.3 Å². The van der Waals surface area contributed by atoms with Crippen LogP contribution in [0.5, 0.6) is 0 Å². The van der Waals surface area contributed by atoms with E-state index in [0.717, 1.165) is 15.7 Å². The van der Waals surface area contributed by atoms with Crippen molar-refractivity contribution in [1.29, 1.82) is 0 Å². The van der Waals surface area contributed by atoms with Crippen molar-refractivity contribution in [2.24, 2.45) is 0 Å². The largest absolute Gasteiger partial charge is 0.348 e. The minimum atomic E-state index is -0.601. The van der Waals surface area contributed by atoms with Gasteiger partial charge in [0, 0.05) is 5.02 Å². The number of halogens is 1. The molecular weight excluding hydrogens is 426 g/mol. The SMILES string of the molecule is Cc1ccc2c(c1)c(=O)n(-c1cccc(Cl)c1)c(=O)n2CC(=O)N[C@@H](C)c1ccccc1. The van der Waals surface area contributed by atoms with Crippen LogP contribution in [0.15, 0.2) is 82.4 Å². The van der Waals surface area contributed by atoms with Crippen LogP contribution in [0.3, 0.4) is 0 Å². The van der Waals surface area contributed by atoms with Crippen LogP contribution in [0.2, 0.25) is 5.02 Å². The van der Waals surface area contributed by atoms with Crippen LogP contribution < -0.4 is 16.6 Å². The van der Waals surface area contributed by atoms with Crippen molar-refractivity contribution in [2.75, 3.05) is 0 Å². The lowest BCUT2D eigenvalue weighted by molar-refractivity contribution is -0.122. The van der Waals surface area contributed by atoms with E-state index in [1.54, 1.807) is 36.4 Å². The van der Waals surface area contributed by atoms with Crippen LogP contribution >= 0.6 is 11.6 Å². The molecule has 0 saturated carbocycles. The van der Waals surface area contributed by atoms with Gasteiger partial charge < -0.3 is 5.32 Å². The van der Waals surface area contributed by atoms with Gasteiger partial charge >= 0.3 is 5.69 Å². The van der Waals surface area contributed by atoms with Crippen molar-refractivity contribution in [1.82, 2.24) is 14.5 Å². The van der Waals surface area contributed by atoms with Gasteiger partial charge in [0.1, 0.15) is 6.54 Å². The molecule has 1 N–H and O–H groups in total. The number of nitrogens with zero attached hydrogens (tertiary/aromatic N) is 2. The summed E-state index contributed by atoms with van der Waals surface area (Å²) in [4.78, 5) is 39.5. The van der Waals surface area contributed by atoms with Crippen LogP contribution in [-0.4, -0.2) is 15.0 Å². The Balaban J connectivity index is 1.81. The average molecular weight is 448 g/mol. The fourth-order valence-electron chi connectivity index (χ4n) is 3.74. The number of rotatable bonds is 5. The molecule has 0 fully saturated rings. The third-order valence-corrected chi connectivity index (χ3v) is 5.58. The molecule has 7 heteroatoms. The molecule has 1 heterocycles. The van der Waals surface area contributed by atoms with Gasteiger partial charge in [-0.15, -0.1) is 0 Å². The van der Waals surface area contributed by atoms with Gasteiger partial charge in [-0.3, -0.25) is 14.2 Å². The van der Waals surface area contributed by atoms with E-state index >= 15 is 0 Å². The highest BCUT2D eigenvalue weighted by molar-refractivity contribution is 6.30. The first kappa shape index (κ1) is 21.6. The molecule has 0 aliphatic rings. The Morgan fingerprint density at radius 2 is 1.75 bits per heavy atom. The predicted octanol–water partition coefficient (Wildman–Crippen LogP) is 3.99. The fraction of sp³-hybridized carbons (Fsp3) is 0.160. The summed E-state index contributed by atoms with van der Waals surface area (Å²) in [7, 11) is 0. The standard InChI is InChI=1S/C25H22ClN3O3/c1-16-11-12-22-21(13-16)24(31)29(20-10-6-9-19(26)14-20)25(32)28(22)15-23(30)27-17(2)18-7-4-3-5-8-18/h3-14,17H,15H2,1-2H3,(H,27,30)/t17-/m0/s1. The number of aromatic nitrogens is 2. The van der Waals surface area contributed by atoms with Crippen LogP contribution in [0.25, 0.3) is 16.6 Å². The van der Waals surface area contributed by atoms with Gasteiger partial charge in [-0.05, 0) is 49.7 Å². The number of fused-ring (bicyclic) bond motifs is 1. The molecule has 162 valence electrons. The van der Waals surface area contributed by atoms with Crippen LogP contribution in [0.1, 0.15) is 24.1 Å². The minimum absolute atomic E-state index is 0.226. The van der Waals surface area contributed by atoms with E-state index in [0.29, 0.717) is 21.6 Å². The van der Waals surface area contributed by atoms with Crippen molar-refractivity contribution in [3.05, 3.63) is 110 Å². The molecule has 0 unspecified atom stereocenters. The quantitative estimate of drug-likeness (QED) is 0.502.